The first-order chi connectivity index (χ1) is 13.6. The first-order valence-corrected chi connectivity index (χ1v) is 9.86. The van der Waals surface area contributed by atoms with Gasteiger partial charge in [0.05, 0.1) is 22.4 Å². The molecule has 2 aromatic heterocycles. The second-order valence-corrected chi connectivity index (χ2v) is 7.76. The van der Waals surface area contributed by atoms with Crippen molar-refractivity contribution >= 4 is 22.7 Å². The lowest BCUT2D eigenvalue weighted by molar-refractivity contribution is 0.533. The molecular weight excluding hydrogens is 355 g/mol. The normalized spacial score (nSPS) is 21.5. The molecule has 4 heterocycles. The number of anilines is 2. The largest absolute Gasteiger partial charge is 0.354 e. The van der Waals surface area contributed by atoms with Crippen LogP contribution in [-0.2, 0) is 6.42 Å². The monoisotopic (exact) mass is 378 g/mol. The molecule has 1 aromatic carbocycles. The highest BCUT2D eigenvalue weighted by Crippen LogP contribution is 2.36. The Kier molecular flexibility index (Phi) is 4.10. The lowest BCUT2D eigenvalue weighted by Gasteiger charge is -2.24. The molecule has 0 N–H and O–H groups in total. The molecule has 0 radical (unpaired) electrons. The SMILES string of the molecule is CCc1ncnc(N2CC3CN(c4nc5ccccc5nc4C)CC3C2)c1F. The number of nitrogens with zero attached hydrogens (tertiary/aromatic N) is 6. The average Bonchev–Trinajstić information content (AvgIpc) is 3.26. The maximum Gasteiger partial charge on any atom is 0.187 e. The number of halogens is 1. The highest BCUT2D eigenvalue weighted by molar-refractivity contribution is 5.76. The smallest absolute Gasteiger partial charge is 0.187 e. The first-order valence-electron chi connectivity index (χ1n) is 9.86. The summed E-state index contributed by atoms with van der Waals surface area (Å²) in [5.41, 5.74) is 3.31. The van der Waals surface area contributed by atoms with Crippen LogP contribution in [0.5, 0.6) is 0 Å². The van der Waals surface area contributed by atoms with Gasteiger partial charge < -0.3 is 9.80 Å². The molecule has 3 aromatic rings. The van der Waals surface area contributed by atoms with Crippen molar-refractivity contribution in [3.8, 4) is 0 Å². The lowest BCUT2D eigenvalue weighted by atomic mass is 10.0. The first kappa shape index (κ1) is 17.3. The Bertz CT molecular complexity index is 1020. The number of rotatable bonds is 3. The van der Waals surface area contributed by atoms with Crippen LogP contribution in [0, 0.1) is 24.6 Å². The van der Waals surface area contributed by atoms with Gasteiger partial charge in [-0.15, -0.1) is 0 Å². The second kappa shape index (κ2) is 6.65. The number of fused-ring (bicyclic) bond motifs is 2. The van der Waals surface area contributed by atoms with Crippen molar-refractivity contribution in [1.29, 1.82) is 0 Å². The number of aryl methyl sites for hydroxylation is 2. The average molecular weight is 378 g/mol. The van der Waals surface area contributed by atoms with Crippen LogP contribution in [0.4, 0.5) is 16.0 Å². The van der Waals surface area contributed by atoms with Crippen molar-refractivity contribution in [1.82, 2.24) is 19.9 Å². The molecule has 2 aliphatic heterocycles. The maximum atomic E-state index is 14.6. The number of hydrogen-bond donors (Lipinski definition) is 0. The van der Waals surface area contributed by atoms with Crippen LogP contribution in [0.15, 0.2) is 30.6 Å². The number of benzene rings is 1. The van der Waals surface area contributed by atoms with E-state index in [1.54, 1.807) is 0 Å². The number of aromatic nitrogens is 4. The summed E-state index contributed by atoms with van der Waals surface area (Å²) >= 11 is 0. The minimum absolute atomic E-state index is 0.266. The summed E-state index contributed by atoms with van der Waals surface area (Å²) in [5, 5.41) is 0. The molecule has 144 valence electrons. The van der Waals surface area contributed by atoms with Crippen LogP contribution >= 0.6 is 0 Å². The zero-order valence-corrected chi connectivity index (χ0v) is 16.1. The molecule has 0 amide bonds. The Balaban J connectivity index is 1.36. The van der Waals surface area contributed by atoms with Gasteiger partial charge in [0.2, 0.25) is 0 Å². The van der Waals surface area contributed by atoms with Crippen molar-refractivity contribution in [2.75, 3.05) is 36.0 Å². The molecular formula is C21H23FN6. The Hall–Kier alpha value is -2.83. The fraction of sp³-hybridized carbons (Fsp3) is 0.429. The number of para-hydroxylation sites is 2. The summed E-state index contributed by atoms with van der Waals surface area (Å²) in [6, 6.07) is 7.98. The third kappa shape index (κ3) is 2.77. The van der Waals surface area contributed by atoms with E-state index in [-0.39, 0.29) is 5.82 Å². The molecule has 0 bridgehead atoms. The van der Waals surface area contributed by atoms with Crippen LogP contribution < -0.4 is 9.80 Å². The maximum absolute atomic E-state index is 14.6. The molecule has 2 fully saturated rings. The second-order valence-electron chi connectivity index (χ2n) is 7.76. The highest BCUT2D eigenvalue weighted by atomic mass is 19.1. The summed E-state index contributed by atoms with van der Waals surface area (Å²) in [6.07, 6.45) is 2.06. The van der Waals surface area contributed by atoms with E-state index in [1.807, 2.05) is 38.1 Å². The van der Waals surface area contributed by atoms with E-state index in [1.165, 1.54) is 6.33 Å². The van der Waals surface area contributed by atoms with Crippen molar-refractivity contribution < 1.29 is 4.39 Å². The fourth-order valence-corrected chi connectivity index (χ4v) is 4.58. The van der Waals surface area contributed by atoms with Crippen LogP contribution in [-0.4, -0.2) is 46.1 Å². The van der Waals surface area contributed by atoms with E-state index in [9.17, 15) is 4.39 Å². The van der Waals surface area contributed by atoms with Crippen LogP contribution in [0.2, 0.25) is 0 Å². The van der Waals surface area contributed by atoms with Crippen LogP contribution in [0.1, 0.15) is 18.3 Å². The highest BCUT2D eigenvalue weighted by Gasteiger charge is 2.42. The molecule has 2 aliphatic rings. The molecule has 0 spiro atoms. The van der Waals surface area contributed by atoms with Crippen molar-refractivity contribution in [2.45, 2.75) is 20.3 Å². The van der Waals surface area contributed by atoms with E-state index in [0.717, 1.165) is 48.7 Å². The minimum Gasteiger partial charge on any atom is -0.354 e. The Morgan fingerprint density at radius 1 is 0.929 bits per heavy atom. The van der Waals surface area contributed by atoms with Gasteiger partial charge in [0.25, 0.3) is 0 Å². The summed E-state index contributed by atoms with van der Waals surface area (Å²) in [6.45, 7) is 7.41. The molecule has 2 saturated heterocycles. The summed E-state index contributed by atoms with van der Waals surface area (Å²) in [4.78, 5) is 22.3. The van der Waals surface area contributed by atoms with Crippen molar-refractivity contribution in [2.24, 2.45) is 11.8 Å². The molecule has 2 unspecified atom stereocenters. The topological polar surface area (TPSA) is 58.0 Å². The summed E-state index contributed by atoms with van der Waals surface area (Å²) in [7, 11) is 0. The van der Waals surface area contributed by atoms with Crippen LogP contribution in [0.3, 0.4) is 0 Å². The molecule has 2 atom stereocenters. The molecule has 6 nitrogen and oxygen atoms in total. The van der Waals surface area contributed by atoms with Gasteiger partial charge in [0, 0.05) is 38.0 Å². The van der Waals surface area contributed by atoms with E-state index < -0.39 is 0 Å². The van der Waals surface area contributed by atoms with Gasteiger partial charge in [-0.05, 0) is 25.5 Å². The minimum atomic E-state index is -0.266. The molecule has 0 saturated carbocycles. The van der Waals surface area contributed by atoms with Crippen LogP contribution in [0.25, 0.3) is 11.0 Å². The third-order valence-electron chi connectivity index (χ3n) is 5.98. The lowest BCUT2D eigenvalue weighted by Crippen LogP contribution is -2.31. The molecule has 0 aliphatic carbocycles. The fourth-order valence-electron chi connectivity index (χ4n) is 4.58. The van der Waals surface area contributed by atoms with E-state index in [2.05, 4.69) is 19.8 Å². The Morgan fingerprint density at radius 3 is 2.18 bits per heavy atom. The van der Waals surface area contributed by atoms with E-state index in [4.69, 9.17) is 9.97 Å². The number of hydrogen-bond acceptors (Lipinski definition) is 6. The zero-order valence-electron chi connectivity index (χ0n) is 16.1. The van der Waals surface area contributed by atoms with Gasteiger partial charge in [0.1, 0.15) is 6.33 Å². The van der Waals surface area contributed by atoms with Crippen molar-refractivity contribution in [3.63, 3.8) is 0 Å². The summed E-state index contributed by atoms with van der Waals surface area (Å²) in [5.74, 6) is 2.12. The third-order valence-corrected chi connectivity index (χ3v) is 5.98. The predicted molar refractivity (Wildman–Crippen MR) is 107 cm³/mol. The Labute approximate surface area is 163 Å². The Morgan fingerprint density at radius 2 is 1.54 bits per heavy atom. The van der Waals surface area contributed by atoms with Gasteiger partial charge >= 0.3 is 0 Å². The van der Waals surface area contributed by atoms with Gasteiger partial charge in [-0.25, -0.2) is 24.3 Å². The summed E-state index contributed by atoms with van der Waals surface area (Å²) < 4.78 is 14.6. The quantitative estimate of drug-likeness (QED) is 0.698. The van der Waals surface area contributed by atoms with Crippen molar-refractivity contribution in [3.05, 3.63) is 47.8 Å². The molecule has 7 heteroatoms. The van der Waals surface area contributed by atoms with Gasteiger partial charge in [-0.3, -0.25) is 0 Å². The van der Waals surface area contributed by atoms with Gasteiger partial charge in [0.15, 0.2) is 17.5 Å². The standard InChI is InChI=1S/C21H23FN6/c1-3-16-19(22)21(24-12-23-16)28-10-14-8-27(9-15(14)11-28)20-13(2)25-17-6-4-5-7-18(17)26-20/h4-7,12,14-15H,3,8-11H2,1-2H3. The van der Waals surface area contributed by atoms with E-state index >= 15 is 0 Å². The predicted octanol–water partition coefficient (Wildman–Crippen LogP) is 3.00. The van der Waals surface area contributed by atoms with Gasteiger partial charge in [-0.1, -0.05) is 19.1 Å². The molecule has 28 heavy (non-hydrogen) atoms. The van der Waals surface area contributed by atoms with E-state index in [0.29, 0.717) is 29.8 Å². The van der Waals surface area contributed by atoms with Gasteiger partial charge in [-0.2, -0.15) is 0 Å². The zero-order chi connectivity index (χ0) is 19.3. The molecule has 5 rings (SSSR count).